The van der Waals surface area contributed by atoms with Crippen molar-refractivity contribution in [3.05, 3.63) is 106 Å². The van der Waals surface area contributed by atoms with Crippen LogP contribution in [-0.4, -0.2) is 23.0 Å². The van der Waals surface area contributed by atoms with Gasteiger partial charge in [0.05, 0.1) is 13.0 Å². The lowest BCUT2D eigenvalue weighted by molar-refractivity contribution is -0.115. The number of aromatic nitrogens is 1. The van der Waals surface area contributed by atoms with Crippen molar-refractivity contribution < 1.29 is 23.1 Å². The third kappa shape index (κ3) is 4.71. The molecule has 0 fully saturated rings. The lowest BCUT2D eigenvalue weighted by atomic mass is 10.0. The largest absolute Gasteiger partial charge is 0.493 e. The molecule has 0 bridgehead atoms. The minimum Gasteiger partial charge on any atom is -0.493 e. The van der Waals surface area contributed by atoms with Crippen LogP contribution in [0, 0.1) is 11.6 Å². The van der Waals surface area contributed by atoms with Crippen LogP contribution >= 0.6 is 0 Å². The Morgan fingerprint density at radius 1 is 1.03 bits per heavy atom. The molecule has 7 nitrogen and oxygen atoms in total. The molecule has 0 aliphatic carbocycles. The van der Waals surface area contributed by atoms with Gasteiger partial charge in [-0.25, -0.2) is 8.78 Å². The summed E-state index contributed by atoms with van der Waals surface area (Å²) in [6.07, 6.45) is 1.67. The first-order chi connectivity index (χ1) is 17.8. The lowest BCUT2D eigenvalue weighted by Gasteiger charge is -2.14. The van der Waals surface area contributed by atoms with Crippen LogP contribution in [0.15, 0.2) is 77.7 Å². The summed E-state index contributed by atoms with van der Waals surface area (Å²) in [4.78, 5) is 38.0. The van der Waals surface area contributed by atoms with Crippen LogP contribution in [0.25, 0.3) is 16.8 Å². The predicted octanol–water partition coefficient (Wildman–Crippen LogP) is 4.93. The minimum atomic E-state index is -0.779. The number of rotatable bonds is 6. The van der Waals surface area contributed by atoms with Crippen molar-refractivity contribution in [1.29, 1.82) is 0 Å². The highest BCUT2D eigenvalue weighted by Crippen LogP contribution is 2.31. The van der Waals surface area contributed by atoms with E-state index in [4.69, 9.17) is 4.74 Å². The van der Waals surface area contributed by atoms with Gasteiger partial charge in [0.1, 0.15) is 22.9 Å². The van der Waals surface area contributed by atoms with Gasteiger partial charge in [-0.3, -0.25) is 19.0 Å². The number of nitrogens with one attached hydrogen (secondary N) is 2. The molecule has 4 aromatic rings. The molecule has 1 aliphatic rings. The molecule has 3 aromatic carbocycles. The Morgan fingerprint density at radius 3 is 2.54 bits per heavy atom. The van der Waals surface area contributed by atoms with E-state index in [0.29, 0.717) is 22.5 Å². The van der Waals surface area contributed by atoms with E-state index in [-0.39, 0.29) is 35.9 Å². The summed E-state index contributed by atoms with van der Waals surface area (Å²) in [5.41, 5.74) is 1.94. The van der Waals surface area contributed by atoms with E-state index < -0.39 is 23.1 Å². The summed E-state index contributed by atoms with van der Waals surface area (Å²) >= 11 is 0. The van der Waals surface area contributed by atoms with Crippen molar-refractivity contribution in [2.45, 2.75) is 13.3 Å². The van der Waals surface area contributed by atoms with Gasteiger partial charge in [-0.2, -0.15) is 0 Å². The van der Waals surface area contributed by atoms with Crippen LogP contribution < -0.4 is 20.9 Å². The number of carbonyl (C=O) groups is 2. The second-order valence-electron chi connectivity index (χ2n) is 8.39. The van der Waals surface area contributed by atoms with E-state index in [0.717, 1.165) is 11.6 Å². The molecule has 0 unspecified atom stereocenters. The maximum Gasteiger partial charge on any atom is 0.271 e. The zero-order valence-corrected chi connectivity index (χ0v) is 19.7. The number of hydrogen-bond acceptors (Lipinski definition) is 4. The fourth-order valence-corrected chi connectivity index (χ4v) is 4.23. The lowest BCUT2D eigenvalue weighted by Crippen LogP contribution is -2.29. The first kappa shape index (κ1) is 23.9. The molecule has 0 radical (unpaired) electrons. The number of benzene rings is 3. The molecule has 2 amide bonds. The Labute approximate surface area is 210 Å². The monoisotopic (exact) mass is 501 g/mol. The minimum absolute atomic E-state index is 0.0711. The molecule has 0 saturated heterocycles. The molecule has 9 heteroatoms. The van der Waals surface area contributed by atoms with Gasteiger partial charge in [-0.1, -0.05) is 6.07 Å². The van der Waals surface area contributed by atoms with Gasteiger partial charge in [0.2, 0.25) is 5.91 Å². The number of carbonyl (C=O) groups excluding carboxylic acids is 2. The number of ether oxygens (including phenoxy) is 1. The Kier molecular flexibility index (Phi) is 6.27. The molecule has 1 aliphatic heterocycles. The van der Waals surface area contributed by atoms with Crippen LogP contribution in [-0.2, 0) is 11.2 Å². The number of fused-ring (bicyclic) bond motifs is 1. The van der Waals surface area contributed by atoms with E-state index in [2.05, 4.69) is 10.6 Å². The first-order valence-corrected chi connectivity index (χ1v) is 11.5. The van der Waals surface area contributed by atoms with Crippen molar-refractivity contribution in [3.63, 3.8) is 0 Å². The van der Waals surface area contributed by atoms with Gasteiger partial charge in [-0.15, -0.1) is 0 Å². The standard InChI is InChI=1S/C28H21F2N3O4/c1-2-37-24-11-12-33(20-7-4-18(29)5-8-20)28(36)26(24)27(35)31-19-6-9-21(22(30)15-19)16-3-10-23-17(13-16)14-25(34)32-23/h3-13,15H,2,14H2,1H3,(H,31,35)(H,32,34). The first-order valence-electron chi connectivity index (χ1n) is 11.5. The Morgan fingerprint density at radius 2 is 1.81 bits per heavy atom. The summed E-state index contributed by atoms with van der Waals surface area (Å²) in [5, 5.41) is 5.30. The van der Waals surface area contributed by atoms with Crippen LogP contribution in [0.1, 0.15) is 22.8 Å². The smallest absolute Gasteiger partial charge is 0.271 e. The second-order valence-corrected chi connectivity index (χ2v) is 8.39. The number of pyridine rings is 1. The zero-order valence-electron chi connectivity index (χ0n) is 19.7. The van der Waals surface area contributed by atoms with Crippen molar-refractivity contribution in [2.24, 2.45) is 0 Å². The van der Waals surface area contributed by atoms with Crippen LogP contribution in [0.5, 0.6) is 5.75 Å². The van der Waals surface area contributed by atoms with Gasteiger partial charge < -0.3 is 15.4 Å². The molecule has 1 aromatic heterocycles. The molecule has 37 heavy (non-hydrogen) atoms. The number of hydrogen-bond donors (Lipinski definition) is 2. The summed E-state index contributed by atoms with van der Waals surface area (Å²) in [6, 6.07) is 16.1. The van der Waals surface area contributed by atoms with Crippen LogP contribution in [0.4, 0.5) is 20.2 Å². The highest BCUT2D eigenvalue weighted by molar-refractivity contribution is 6.06. The maximum absolute atomic E-state index is 15.1. The van der Waals surface area contributed by atoms with E-state index in [1.54, 1.807) is 25.1 Å². The SMILES string of the molecule is CCOc1ccn(-c2ccc(F)cc2)c(=O)c1C(=O)Nc1ccc(-c2ccc3c(c2)CC(=O)N3)c(F)c1. The molecule has 5 rings (SSSR count). The zero-order chi connectivity index (χ0) is 26.1. The van der Waals surface area contributed by atoms with E-state index in [1.807, 2.05) is 0 Å². The number of anilines is 2. The molecule has 0 spiro atoms. The third-order valence-corrected chi connectivity index (χ3v) is 5.95. The summed E-state index contributed by atoms with van der Waals surface area (Å²) in [5.74, 6) is -1.87. The fraction of sp³-hybridized carbons (Fsp3) is 0.107. The van der Waals surface area contributed by atoms with Crippen molar-refractivity contribution in [2.75, 3.05) is 17.2 Å². The van der Waals surface area contributed by atoms with Gasteiger partial charge in [0.15, 0.2) is 0 Å². The van der Waals surface area contributed by atoms with Crippen molar-refractivity contribution >= 4 is 23.2 Å². The maximum atomic E-state index is 15.1. The summed E-state index contributed by atoms with van der Waals surface area (Å²) < 4.78 is 35.1. The van der Waals surface area contributed by atoms with E-state index in [9.17, 15) is 18.8 Å². The average Bonchev–Trinajstić information content (AvgIpc) is 3.24. The Hall–Kier alpha value is -4.79. The van der Waals surface area contributed by atoms with Crippen molar-refractivity contribution in [1.82, 2.24) is 4.57 Å². The fourth-order valence-electron chi connectivity index (χ4n) is 4.23. The van der Waals surface area contributed by atoms with Gasteiger partial charge in [0.25, 0.3) is 11.5 Å². The van der Waals surface area contributed by atoms with E-state index >= 15 is 4.39 Å². The molecule has 2 N–H and O–H groups in total. The number of halogens is 2. The number of amides is 2. The predicted molar refractivity (Wildman–Crippen MR) is 135 cm³/mol. The third-order valence-electron chi connectivity index (χ3n) is 5.95. The normalized spacial score (nSPS) is 12.1. The van der Waals surface area contributed by atoms with Gasteiger partial charge in [0, 0.05) is 28.8 Å². The molecule has 186 valence electrons. The highest BCUT2D eigenvalue weighted by Gasteiger charge is 2.22. The summed E-state index contributed by atoms with van der Waals surface area (Å²) in [6.45, 7) is 1.93. The van der Waals surface area contributed by atoms with Crippen LogP contribution in [0.3, 0.4) is 0 Å². The Balaban J connectivity index is 1.45. The van der Waals surface area contributed by atoms with Crippen molar-refractivity contribution in [3.8, 4) is 22.6 Å². The van der Waals surface area contributed by atoms with E-state index in [1.165, 1.54) is 53.2 Å². The molecule has 0 atom stereocenters. The highest BCUT2D eigenvalue weighted by atomic mass is 19.1. The molecule has 0 saturated carbocycles. The van der Waals surface area contributed by atoms with Gasteiger partial charge >= 0.3 is 0 Å². The number of nitrogens with zero attached hydrogens (tertiary/aromatic N) is 1. The van der Waals surface area contributed by atoms with Crippen LogP contribution in [0.2, 0.25) is 0 Å². The molecule has 2 heterocycles. The second kappa shape index (κ2) is 9.69. The Bertz CT molecular complexity index is 1600. The summed E-state index contributed by atoms with van der Waals surface area (Å²) in [7, 11) is 0. The molecular weight excluding hydrogens is 480 g/mol. The molecular formula is C28H21F2N3O4. The quantitative estimate of drug-likeness (QED) is 0.392. The van der Waals surface area contributed by atoms with Gasteiger partial charge in [-0.05, 0) is 78.7 Å². The average molecular weight is 501 g/mol. The topological polar surface area (TPSA) is 89.4 Å².